The molecule has 2 rings (SSSR count). The van der Waals surface area contributed by atoms with Gasteiger partial charge in [0.1, 0.15) is 15.6 Å². The predicted molar refractivity (Wildman–Crippen MR) is 85.6 cm³/mol. The van der Waals surface area contributed by atoms with Gasteiger partial charge in [-0.15, -0.1) is 0 Å². The molecule has 0 aromatic carbocycles. The molecule has 1 atom stereocenters. The van der Waals surface area contributed by atoms with Crippen LogP contribution in [-0.4, -0.2) is 60.3 Å². The first-order chi connectivity index (χ1) is 9.87. The van der Waals surface area contributed by atoms with Crippen LogP contribution in [0.4, 0.5) is 0 Å². The second-order valence-corrected chi connectivity index (χ2v) is 7.47. The Morgan fingerprint density at radius 3 is 2.86 bits per heavy atom. The van der Waals surface area contributed by atoms with Crippen molar-refractivity contribution in [1.29, 1.82) is 0 Å². The largest absolute Gasteiger partial charge is 0.388 e. The van der Waals surface area contributed by atoms with Crippen molar-refractivity contribution in [3.63, 3.8) is 0 Å². The van der Waals surface area contributed by atoms with Crippen molar-refractivity contribution >= 4 is 27.2 Å². The minimum absolute atomic E-state index is 0.00431. The fourth-order valence-electron chi connectivity index (χ4n) is 2.50. The molecule has 0 spiro atoms. The van der Waals surface area contributed by atoms with Crippen LogP contribution in [0.5, 0.6) is 0 Å². The van der Waals surface area contributed by atoms with E-state index in [9.17, 15) is 8.42 Å². The summed E-state index contributed by atoms with van der Waals surface area (Å²) >= 11 is 4.91. The lowest BCUT2D eigenvalue weighted by molar-refractivity contribution is 0.144. The maximum Gasteiger partial charge on any atom is 0.245 e. The Morgan fingerprint density at radius 2 is 2.24 bits per heavy atom. The summed E-state index contributed by atoms with van der Waals surface area (Å²) < 4.78 is 27.2. The van der Waals surface area contributed by atoms with Gasteiger partial charge in [0.05, 0.1) is 0 Å². The van der Waals surface area contributed by atoms with Crippen LogP contribution in [0.3, 0.4) is 0 Å². The van der Waals surface area contributed by atoms with Gasteiger partial charge in [0.2, 0.25) is 10.0 Å². The molecule has 1 aliphatic heterocycles. The fraction of sp³-hybridized carbons (Fsp3) is 0.538. The number of hydrogen-bond acceptors (Lipinski definition) is 5. The van der Waals surface area contributed by atoms with Crippen LogP contribution < -0.4 is 5.73 Å². The van der Waals surface area contributed by atoms with Crippen molar-refractivity contribution < 1.29 is 8.42 Å². The monoisotopic (exact) mass is 328 g/mol. The first-order valence-corrected chi connectivity index (χ1v) is 8.68. The van der Waals surface area contributed by atoms with E-state index in [0.717, 1.165) is 6.42 Å². The van der Waals surface area contributed by atoms with Gasteiger partial charge in [0, 0.05) is 31.9 Å². The van der Waals surface area contributed by atoms with Gasteiger partial charge in [-0.2, -0.15) is 4.31 Å². The van der Waals surface area contributed by atoms with Crippen LogP contribution >= 0.6 is 12.2 Å². The number of rotatable bonds is 4. The molecule has 2 heterocycles. The Labute approximate surface area is 131 Å². The number of sulfonamides is 1. The first kappa shape index (κ1) is 16.3. The molecule has 0 amide bonds. The third kappa shape index (κ3) is 3.23. The Morgan fingerprint density at radius 1 is 1.52 bits per heavy atom. The van der Waals surface area contributed by atoms with E-state index in [-0.39, 0.29) is 21.6 Å². The van der Waals surface area contributed by atoms with E-state index in [1.54, 1.807) is 6.07 Å². The minimum atomic E-state index is -3.63. The highest BCUT2D eigenvalue weighted by molar-refractivity contribution is 7.89. The fourth-order valence-corrected chi connectivity index (χ4v) is 4.35. The average molecular weight is 328 g/mol. The number of piperazine rings is 1. The van der Waals surface area contributed by atoms with Crippen molar-refractivity contribution in [3.05, 3.63) is 24.0 Å². The van der Waals surface area contributed by atoms with E-state index in [1.165, 1.54) is 16.6 Å². The van der Waals surface area contributed by atoms with Crippen LogP contribution in [0.1, 0.15) is 19.0 Å². The molecule has 0 bridgehead atoms. The molecule has 6 nitrogen and oxygen atoms in total. The maximum atomic E-state index is 12.8. The van der Waals surface area contributed by atoms with Gasteiger partial charge in [-0.3, -0.25) is 4.98 Å². The predicted octanol–water partition coefficient (Wildman–Crippen LogP) is 0.431. The minimum Gasteiger partial charge on any atom is -0.388 e. The highest BCUT2D eigenvalue weighted by atomic mass is 32.2. The van der Waals surface area contributed by atoms with E-state index in [2.05, 4.69) is 16.8 Å². The zero-order valence-electron chi connectivity index (χ0n) is 12.2. The van der Waals surface area contributed by atoms with Crippen molar-refractivity contribution in [3.8, 4) is 0 Å². The Kier molecular flexibility index (Phi) is 4.92. The quantitative estimate of drug-likeness (QED) is 0.808. The normalized spacial score (nSPS) is 21.3. The molecule has 2 N–H and O–H groups in total. The third-order valence-electron chi connectivity index (χ3n) is 3.83. The molecule has 0 aliphatic carbocycles. The van der Waals surface area contributed by atoms with Gasteiger partial charge in [0.25, 0.3) is 0 Å². The van der Waals surface area contributed by atoms with Gasteiger partial charge in [-0.1, -0.05) is 19.1 Å². The summed E-state index contributed by atoms with van der Waals surface area (Å²) in [6.45, 7) is 3.70. The molecule has 8 heteroatoms. The Balaban J connectivity index is 2.37. The van der Waals surface area contributed by atoms with E-state index < -0.39 is 10.0 Å². The van der Waals surface area contributed by atoms with E-state index in [0.29, 0.717) is 19.6 Å². The molecular formula is C13H20N4O2S2. The van der Waals surface area contributed by atoms with Gasteiger partial charge >= 0.3 is 0 Å². The zero-order chi connectivity index (χ0) is 15.6. The van der Waals surface area contributed by atoms with Crippen LogP contribution in [0.15, 0.2) is 23.2 Å². The van der Waals surface area contributed by atoms with Crippen molar-refractivity contribution in [2.75, 3.05) is 26.7 Å². The Hall–Kier alpha value is -1.09. The van der Waals surface area contributed by atoms with Gasteiger partial charge in [0.15, 0.2) is 0 Å². The molecule has 1 unspecified atom stereocenters. The van der Waals surface area contributed by atoms with E-state index in [4.69, 9.17) is 18.0 Å². The number of thiocarbonyl (C=S) groups is 1. The van der Waals surface area contributed by atoms with Crippen LogP contribution in [0.25, 0.3) is 0 Å². The average Bonchev–Trinajstić information content (AvgIpc) is 2.47. The summed E-state index contributed by atoms with van der Waals surface area (Å²) in [5, 5.41) is 0. The molecule has 1 aromatic rings. The molecule has 0 radical (unpaired) electrons. The second-order valence-electron chi connectivity index (χ2n) is 5.12. The number of nitrogens with two attached hydrogens (primary N) is 1. The molecule has 1 fully saturated rings. The van der Waals surface area contributed by atoms with E-state index in [1.807, 2.05) is 7.05 Å². The molecule has 1 aromatic heterocycles. The Bertz CT molecular complexity index is 633. The lowest BCUT2D eigenvalue weighted by atomic mass is 10.1. The highest BCUT2D eigenvalue weighted by Gasteiger charge is 2.33. The van der Waals surface area contributed by atoms with Crippen LogP contribution in [0, 0.1) is 0 Å². The van der Waals surface area contributed by atoms with Gasteiger partial charge in [-0.25, -0.2) is 8.42 Å². The number of hydrogen-bond donors (Lipinski definition) is 1. The smallest absolute Gasteiger partial charge is 0.245 e. The van der Waals surface area contributed by atoms with Crippen molar-refractivity contribution in [2.24, 2.45) is 5.73 Å². The number of likely N-dealkylation sites (N-methyl/N-ethyl adjacent to an activating group) is 1. The summed E-state index contributed by atoms with van der Waals surface area (Å²) in [5.41, 5.74) is 5.76. The van der Waals surface area contributed by atoms with Gasteiger partial charge < -0.3 is 10.6 Å². The SMILES string of the molecule is CCC1CN(S(=O)(=O)c2cccnc2C(N)=S)CCN1C. The number of pyridine rings is 1. The van der Waals surface area contributed by atoms with Crippen LogP contribution in [0.2, 0.25) is 0 Å². The summed E-state index contributed by atoms with van der Waals surface area (Å²) in [6.07, 6.45) is 2.39. The number of nitrogens with zero attached hydrogens (tertiary/aromatic N) is 3. The van der Waals surface area contributed by atoms with Crippen LogP contribution in [-0.2, 0) is 10.0 Å². The third-order valence-corrected chi connectivity index (χ3v) is 5.92. The lowest BCUT2D eigenvalue weighted by Crippen LogP contribution is -2.53. The molecule has 116 valence electrons. The lowest BCUT2D eigenvalue weighted by Gasteiger charge is -2.38. The molecule has 21 heavy (non-hydrogen) atoms. The summed E-state index contributed by atoms with van der Waals surface area (Å²) in [5.74, 6) is 0. The number of aromatic nitrogens is 1. The molecule has 1 aliphatic rings. The highest BCUT2D eigenvalue weighted by Crippen LogP contribution is 2.22. The first-order valence-electron chi connectivity index (χ1n) is 6.83. The standard InChI is InChI=1S/C13H20N4O2S2/c1-3-10-9-17(8-7-16(10)2)21(18,19)11-5-4-6-15-12(11)13(14)20/h4-6,10H,3,7-9H2,1-2H3,(H2,14,20). The van der Waals surface area contributed by atoms with E-state index >= 15 is 0 Å². The molecule has 0 saturated carbocycles. The maximum absolute atomic E-state index is 12.8. The molecular weight excluding hydrogens is 308 g/mol. The van der Waals surface area contributed by atoms with Gasteiger partial charge in [-0.05, 0) is 25.6 Å². The topological polar surface area (TPSA) is 79.5 Å². The summed E-state index contributed by atoms with van der Waals surface area (Å²) in [4.78, 5) is 6.29. The second kappa shape index (κ2) is 6.35. The zero-order valence-corrected chi connectivity index (χ0v) is 13.8. The van der Waals surface area contributed by atoms with Crippen molar-refractivity contribution in [2.45, 2.75) is 24.3 Å². The molecule has 1 saturated heterocycles. The summed E-state index contributed by atoms with van der Waals surface area (Å²) in [6, 6.07) is 3.32. The van der Waals surface area contributed by atoms with Crippen molar-refractivity contribution in [1.82, 2.24) is 14.2 Å². The summed E-state index contributed by atoms with van der Waals surface area (Å²) in [7, 11) is -1.61.